The first-order valence-corrected chi connectivity index (χ1v) is 9.76. The fraction of sp³-hybridized carbons (Fsp3) is 0.917. The molecule has 0 aromatic heterocycles. The Morgan fingerprint density at radius 2 is 1.87 bits per heavy atom. The van der Waals surface area contributed by atoms with Gasteiger partial charge in [0.25, 0.3) is 0 Å². The van der Waals surface area contributed by atoms with Gasteiger partial charge in [0, 0.05) is 15.0 Å². The van der Waals surface area contributed by atoms with E-state index >= 15 is 0 Å². The van der Waals surface area contributed by atoms with E-state index in [1.165, 1.54) is 32.2 Å². The molecule has 3 heteroatoms. The maximum absolute atomic E-state index is 11.0. The Morgan fingerprint density at radius 3 is 2.40 bits per heavy atom. The van der Waals surface area contributed by atoms with Gasteiger partial charge in [-0.2, -0.15) is 0 Å². The molecule has 0 aliphatic heterocycles. The average Bonchev–Trinajstić information content (AvgIpc) is 2.05. The van der Waals surface area contributed by atoms with Gasteiger partial charge in [-0.05, 0) is 25.2 Å². The first kappa shape index (κ1) is 12.8. The minimum Gasteiger partial charge on any atom is -0.462 e. The van der Waals surface area contributed by atoms with Crippen molar-refractivity contribution in [3.05, 3.63) is 0 Å². The highest BCUT2D eigenvalue weighted by Gasteiger charge is 2.31. The summed E-state index contributed by atoms with van der Waals surface area (Å²) in [6, 6.07) is 1.30. The van der Waals surface area contributed by atoms with Crippen LogP contribution < -0.4 is 0 Å². The number of ether oxygens (including phenoxy) is 1. The first-order valence-electron chi connectivity index (χ1n) is 6.06. The van der Waals surface area contributed by atoms with Crippen molar-refractivity contribution >= 4 is 14.0 Å². The van der Waals surface area contributed by atoms with Crippen LogP contribution >= 0.6 is 0 Å². The van der Waals surface area contributed by atoms with Gasteiger partial charge in [-0.25, -0.2) is 0 Å². The van der Waals surface area contributed by atoms with Gasteiger partial charge in [-0.15, -0.1) is 0 Å². The summed E-state index contributed by atoms with van der Waals surface area (Å²) in [4.78, 5) is 11.0. The van der Waals surface area contributed by atoms with Crippen molar-refractivity contribution < 1.29 is 9.53 Å². The highest BCUT2D eigenvalue weighted by molar-refractivity contribution is 6.76. The van der Waals surface area contributed by atoms with E-state index in [-0.39, 0.29) is 12.1 Å². The SMILES string of the molecule is CC(=O)OC1CCCCC1C[Si](C)(C)C. The van der Waals surface area contributed by atoms with Crippen molar-refractivity contribution in [2.75, 3.05) is 0 Å². The predicted octanol–water partition coefficient (Wildman–Crippen LogP) is 3.45. The van der Waals surface area contributed by atoms with Crippen molar-refractivity contribution in [1.29, 1.82) is 0 Å². The third-order valence-electron chi connectivity index (χ3n) is 3.03. The average molecular weight is 228 g/mol. The Bertz CT molecular complexity index is 220. The lowest BCUT2D eigenvalue weighted by atomic mass is 9.88. The van der Waals surface area contributed by atoms with Crippen LogP contribution in [0.1, 0.15) is 32.6 Å². The van der Waals surface area contributed by atoms with Crippen LogP contribution in [-0.2, 0) is 9.53 Å². The Morgan fingerprint density at radius 1 is 1.27 bits per heavy atom. The van der Waals surface area contributed by atoms with Gasteiger partial charge in [0.2, 0.25) is 0 Å². The second-order valence-corrected chi connectivity index (χ2v) is 11.5. The van der Waals surface area contributed by atoms with E-state index in [1.807, 2.05) is 0 Å². The maximum Gasteiger partial charge on any atom is 0.302 e. The molecule has 0 saturated heterocycles. The van der Waals surface area contributed by atoms with Crippen molar-refractivity contribution in [2.45, 2.75) is 64.4 Å². The molecule has 2 nitrogen and oxygen atoms in total. The van der Waals surface area contributed by atoms with Crippen molar-refractivity contribution in [3.8, 4) is 0 Å². The Kier molecular flexibility index (Phi) is 4.38. The highest BCUT2D eigenvalue weighted by atomic mass is 28.3. The Labute approximate surface area is 94.4 Å². The molecular formula is C12H24O2Si. The van der Waals surface area contributed by atoms with Gasteiger partial charge in [0.1, 0.15) is 6.10 Å². The zero-order valence-electron chi connectivity index (χ0n) is 10.5. The molecule has 15 heavy (non-hydrogen) atoms. The summed E-state index contributed by atoms with van der Waals surface area (Å²) in [6.07, 6.45) is 5.08. The van der Waals surface area contributed by atoms with E-state index in [1.54, 1.807) is 0 Å². The van der Waals surface area contributed by atoms with Crippen LogP contribution in [0.25, 0.3) is 0 Å². The molecule has 1 aliphatic rings. The maximum atomic E-state index is 11.0. The van der Waals surface area contributed by atoms with Gasteiger partial charge < -0.3 is 4.74 Å². The second kappa shape index (κ2) is 5.15. The molecule has 1 saturated carbocycles. The number of esters is 1. The highest BCUT2D eigenvalue weighted by Crippen LogP contribution is 2.33. The molecule has 0 aromatic carbocycles. The summed E-state index contributed by atoms with van der Waals surface area (Å²) in [7, 11) is -1.03. The number of hydrogen-bond acceptors (Lipinski definition) is 2. The smallest absolute Gasteiger partial charge is 0.302 e. The summed E-state index contributed by atoms with van der Waals surface area (Å²) in [5, 5.41) is 0. The molecule has 0 aromatic rings. The summed E-state index contributed by atoms with van der Waals surface area (Å²) >= 11 is 0. The summed E-state index contributed by atoms with van der Waals surface area (Å²) in [6.45, 7) is 8.71. The van der Waals surface area contributed by atoms with Crippen LogP contribution in [-0.4, -0.2) is 20.1 Å². The lowest BCUT2D eigenvalue weighted by Crippen LogP contribution is -2.35. The quantitative estimate of drug-likeness (QED) is 0.546. The van der Waals surface area contributed by atoms with Crippen LogP contribution in [0.5, 0.6) is 0 Å². The minimum atomic E-state index is -1.03. The molecule has 1 rings (SSSR count). The van der Waals surface area contributed by atoms with Gasteiger partial charge in [-0.3, -0.25) is 4.79 Å². The molecule has 0 bridgehead atoms. The molecule has 0 radical (unpaired) electrons. The topological polar surface area (TPSA) is 26.3 Å². The molecular weight excluding hydrogens is 204 g/mol. The molecule has 2 atom stereocenters. The molecule has 0 amide bonds. The molecule has 0 spiro atoms. The Hall–Kier alpha value is -0.313. The van der Waals surface area contributed by atoms with Gasteiger partial charge >= 0.3 is 5.97 Å². The molecule has 1 fully saturated rings. The van der Waals surface area contributed by atoms with Gasteiger partial charge in [-0.1, -0.05) is 32.1 Å². The largest absolute Gasteiger partial charge is 0.462 e. The third-order valence-corrected chi connectivity index (χ3v) is 4.78. The fourth-order valence-electron chi connectivity index (χ4n) is 2.56. The molecule has 88 valence electrons. The van der Waals surface area contributed by atoms with Crippen LogP contribution in [0.4, 0.5) is 0 Å². The van der Waals surface area contributed by atoms with Crippen molar-refractivity contribution in [3.63, 3.8) is 0 Å². The number of hydrogen-bond donors (Lipinski definition) is 0. The predicted molar refractivity (Wildman–Crippen MR) is 65.7 cm³/mol. The zero-order chi connectivity index (χ0) is 11.5. The molecule has 0 N–H and O–H groups in total. The van der Waals surface area contributed by atoms with E-state index in [0.29, 0.717) is 5.92 Å². The first-order chi connectivity index (χ1) is 6.88. The number of rotatable bonds is 3. The molecule has 0 heterocycles. The van der Waals surface area contributed by atoms with Crippen LogP contribution in [0.2, 0.25) is 25.7 Å². The van der Waals surface area contributed by atoms with Crippen molar-refractivity contribution in [1.82, 2.24) is 0 Å². The third kappa shape index (κ3) is 4.82. The fourth-order valence-corrected chi connectivity index (χ4v) is 4.60. The van der Waals surface area contributed by atoms with Crippen LogP contribution in [0, 0.1) is 5.92 Å². The van der Waals surface area contributed by atoms with Crippen LogP contribution in [0.3, 0.4) is 0 Å². The zero-order valence-corrected chi connectivity index (χ0v) is 11.5. The summed E-state index contributed by atoms with van der Waals surface area (Å²) in [5.74, 6) is 0.525. The van der Waals surface area contributed by atoms with Crippen molar-refractivity contribution in [2.24, 2.45) is 5.92 Å². The second-order valence-electron chi connectivity index (χ2n) is 5.96. The van der Waals surface area contributed by atoms with E-state index in [9.17, 15) is 4.79 Å². The number of carbonyl (C=O) groups is 1. The number of carbonyl (C=O) groups excluding carboxylic acids is 1. The van der Waals surface area contributed by atoms with Gasteiger partial charge in [0.05, 0.1) is 0 Å². The standard InChI is InChI=1S/C12H24O2Si/c1-10(13)14-12-8-6-5-7-11(12)9-15(2,3)4/h11-12H,5-9H2,1-4H3. The van der Waals surface area contributed by atoms with E-state index in [2.05, 4.69) is 19.6 Å². The Balaban J connectivity index is 2.53. The lowest BCUT2D eigenvalue weighted by Gasteiger charge is -2.34. The normalized spacial score (nSPS) is 27.5. The van der Waals surface area contributed by atoms with E-state index in [4.69, 9.17) is 4.74 Å². The summed E-state index contributed by atoms with van der Waals surface area (Å²) < 4.78 is 5.43. The van der Waals surface area contributed by atoms with E-state index < -0.39 is 8.07 Å². The monoisotopic (exact) mass is 228 g/mol. The minimum absolute atomic E-state index is 0.109. The molecule has 1 aliphatic carbocycles. The lowest BCUT2D eigenvalue weighted by molar-refractivity contribution is -0.150. The summed E-state index contributed by atoms with van der Waals surface area (Å²) in [5.41, 5.74) is 0. The van der Waals surface area contributed by atoms with Gasteiger partial charge in [0.15, 0.2) is 0 Å². The molecule has 2 unspecified atom stereocenters. The van der Waals surface area contributed by atoms with E-state index in [0.717, 1.165) is 6.42 Å². The van der Waals surface area contributed by atoms with Crippen LogP contribution in [0.15, 0.2) is 0 Å².